The molecule has 0 spiro atoms. The van der Waals surface area contributed by atoms with E-state index in [1.165, 1.54) is 33.3 Å². The Kier molecular flexibility index (Phi) is 5.49. The number of aryl methyl sites for hydroxylation is 1. The highest BCUT2D eigenvalue weighted by Crippen LogP contribution is 2.31. The SMILES string of the molecule is Cc1ccc(-c2cc3nc(SCCN4CCOCC4)n(N)c(=O)c3s2)cc1. The van der Waals surface area contributed by atoms with Gasteiger partial charge in [-0.15, -0.1) is 11.3 Å². The second kappa shape index (κ2) is 8.02. The summed E-state index contributed by atoms with van der Waals surface area (Å²) in [6, 6.07) is 10.3. The molecule has 0 bridgehead atoms. The molecule has 0 radical (unpaired) electrons. The molecule has 1 fully saturated rings. The van der Waals surface area contributed by atoms with Crippen LogP contribution in [0.2, 0.25) is 0 Å². The summed E-state index contributed by atoms with van der Waals surface area (Å²) in [6.07, 6.45) is 0. The van der Waals surface area contributed by atoms with Crippen LogP contribution in [-0.4, -0.2) is 53.2 Å². The van der Waals surface area contributed by atoms with Gasteiger partial charge in [0.05, 0.1) is 18.7 Å². The molecule has 3 aromatic rings. The van der Waals surface area contributed by atoms with Crippen molar-refractivity contribution in [2.45, 2.75) is 12.1 Å². The van der Waals surface area contributed by atoms with Crippen LogP contribution < -0.4 is 11.4 Å². The van der Waals surface area contributed by atoms with E-state index in [1.54, 1.807) is 0 Å². The van der Waals surface area contributed by atoms with Gasteiger partial charge < -0.3 is 10.6 Å². The van der Waals surface area contributed by atoms with Crippen molar-refractivity contribution in [3.63, 3.8) is 0 Å². The predicted molar refractivity (Wildman–Crippen MR) is 112 cm³/mol. The normalized spacial score (nSPS) is 15.4. The quantitative estimate of drug-likeness (QED) is 0.402. The summed E-state index contributed by atoms with van der Waals surface area (Å²) in [7, 11) is 0. The van der Waals surface area contributed by atoms with Crippen molar-refractivity contribution in [1.29, 1.82) is 0 Å². The number of nitrogens with two attached hydrogens (primary N) is 1. The van der Waals surface area contributed by atoms with Crippen molar-refractivity contribution in [2.75, 3.05) is 44.4 Å². The Labute approximate surface area is 165 Å². The third kappa shape index (κ3) is 4.03. The third-order valence-corrected chi connectivity index (χ3v) is 6.72. The molecule has 1 aliphatic rings. The van der Waals surface area contributed by atoms with Gasteiger partial charge in [0.2, 0.25) is 0 Å². The minimum Gasteiger partial charge on any atom is -0.379 e. The molecule has 0 saturated carbocycles. The molecule has 2 N–H and O–H groups in total. The van der Waals surface area contributed by atoms with Crippen molar-refractivity contribution in [3.05, 3.63) is 46.2 Å². The summed E-state index contributed by atoms with van der Waals surface area (Å²) in [5.41, 5.74) is 2.84. The van der Waals surface area contributed by atoms with Gasteiger partial charge in [-0.25, -0.2) is 9.66 Å². The molecule has 1 saturated heterocycles. The summed E-state index contributed by atoms with van der Waals surface area (Å²) in [4.78, 5) is 20.7. The van der Waals surface area contributed by atoms with E-state index < -0.39 is 0 Å². The number of nitrogens with zero attached hydrogens (tertiary/aromatic N) is 3. The predicted octanol–water partition coefficient (Wildman–Crippen LogP) is 2.57. The molecule has 1 aliphatic heterocycles. The van der Waals surface area contributed by atoms with Crippen molar-refractivity contribution < 1.29 is 4.74 Å². The van der Waals surface area contributed by atoms with Crippen LogP contribution in [0.15, 0.2) is 40.3 Å². The summed E-state index contributed by atoms with van der Waals surface area (Å²) < 4.78 is 7.15. The minimum atomic E-state index is -0.183. The lowest BCUT2D eigenvalue weighted by atomic mass is 10.1. The summed E-state index contributed by atoms with van der Waals surface area (Å²) in [5.74, 6) is 6.87. The van der Waals surface area contributed by atoms with Gasteiger partial charge in [-0.2, -0.15) is 0 Å². The number of ether oxygens (including phenoxy) is 1. The lowest BCUT2D eigenvalue weighted by Gasteiger charge is -2.26. The smallest absolute Gasteiger partial charge is 0.290 e. The second-order valence-electron chi connectivity index (χ2n) is 6.56. The van der Waals surface area contributed by atoms with Crippen LogP contribution in [-0.2, 0) is 4.74 Å². The van der Waals surface area contributed by atoms with E-state index in [9.17, 15) is 4.79 Å². The van der Waals surface area contributed by atoms with Crippen LogP contribution >= 0.6 is 23.1 Å². The number of benzene rings is 1. The number of thiophene rings is 1. The molecule has 0 atom stereocenters. The van der Waals surface area contributed by atoms with Crippen LogP contribution in [0.3, 0.4) is 0 Å². The van der Waals surface area contributed by atoms with Gasteiger partial charge >= 0.3 is 0 Å². The Morgan fingerprint density at radius 1 is 1.26 bits per heavy atom. The van der Waals surface area contributed by atoms with Crippen molar-refractivity contribution >= 4 is 33.3 Å². The van der Waals surface area contributed by atoms with Gasteiger partial charge in [-0.1, -0.05) is 41.6 Å². The van der Waals surface area contributed by atoms with Crippen molar-refractivity contribution in [3.8, 4) is 10.4 Å². The van der Waals surface area contributed by atoms with Gasteiger partial charge in [-0.05, 0) is 18.6 Å². The molecule has 0 amide bonds. The number of rotatable bonds is 5. The van der Waals surface area contributed by atoms with Crippen LogP contribution in [0, 0.1) is 6.92 Å². The summed E-state index contributed by atoms with van der Waals surface area (Å²) in [5, 5.41) is 0.564. The van der Waals surface area contributed by atoms with Gasteiger partial charge in [-0.3, -0.25) is 9.69 Å². The average molecular weight is 403 g/mol. The van der Waals surface area contributed by atoms with E-state index >= 15 is 0 Å². The summed E-state index contributed by atoms with van der Waals surface area (Å²) >= 11 is 2.97. The zero-order chi connectivity index (χ0) is 18.8. The monoisotopic (exact) mass is 402 g/mol. The molecule has 6 nitrogen and oxygen atoms in total. The van der Waals surface area contributed by atoms with E-state index in [1.807, 2.05) is 6.07 Å². The lowest BCUT2D eigenvalue weighted by molar-refractivity contribution is 0.0410. The number of morpholine rings is 1. The van der Waals surface area contributed by atoms with E-state index in [4.69, 9.17) is 10.6 Å². The van der Waals surface area contributed by atoms with E-state index in [0.29, 0.717) is 9.86 Å². The number of aromatic nitrogens is 2. The fourth-order valence-electron chi connectivity index (χ4n) is 3.02. The Morgan fingerprint density at radius 2 is 2.00 bits per heavy atom. The first-order valence-electron chi connectivity index (χ1n) is 8.93. The first-order chi connectivity index (χ1) is 13.1. The number of hydrogen-bond acceptors (Lipinski definition) is 7. The van der Waals surface area contributed by atoms with Gasteiger partial charge in [0.25, 0.3) is 5.56 Å². The Balaban J connectivity index is 1.56. The molecule has 4 rings (SSSR count). The highest BCUT2D eigenvalue weighted by Gasteiger charge is 2.15. The fraction of sp³-hybridized carbons (Fsp3) is 0.368. The molecule has 142 valence electrons. The van der Waals surface area contributed by atoms with E-state index in [0.717, 1.165) is 54.6 Å². The molecule has 0 unspecified atom stereocenters. The first-order valence-corrected chi connectivity index (χ1v) is 10.7. The molecule has 8 heteroatoms. The van der Waals surface area contributed by atoms with Crippen LogP contribution in [0.1, 0.15) is 5.56 Å². The number of nitrogen functional groups attached to an aromatic ring is 1. The Bertz CT molecular complexity index is 991. The molecule has 2 aromatic heterocycles. The molecule has 27 heavy (non-hydrogen) atoms. The van der Waals surface area contributed by atoms with Gasteiger partial charge in [0, 0.05) is 30.3 Å². The maximum Gasteiger partial charge on any atom is 0.290 e. The molecular formula is C19H22N4O2S2. The number of hydrogen-bond donors (Lipinski definition) is 1. The summed E-state index contributed by atoms with van der Waals surface area (Å²) in [6.45, 7) is 6.46. The van der Waals surface area contributed by atoms with E-state index in [2.05, 4.69) is 41.1 Å². The first kappa shape index (κ1) is 18.5. The third-order valence-electron chi connectivity index (χ3n) is 4.63. The zero-order valence-electron chi connectivity index (χ0n) is 15.2. The van der Waals surface area contributed by atoms with Crippen LogP contribution in [0.5, 0.6) is 0 Å². The molecule has 3 heterocycles. The maximum absolute atomic E-state index is 12.7. The topological polar surface area (TPSA) is 73.4 Å². The molecule has 0 aliphatic carbocycles. The van der Waals surface area contributed by atoms with Gasteiger partial charge in [0.15, 0.2) is 5.16 Å². The number of thioether (sulfide) groups is 1. The largest absolute Gasteiger partial charge is 0.379 e. The lowest BCUT2D eigenvalue weighted by Crippen LogP contribution is -2.37. The van der Waals surface area contributed by atoms with Crippen molar-refractivity contribution in [1.82, 2.24) is 14.6 Å². The molecular weight excluding hydrogens is 380 g/mol. The standard InChI is InChI=1S/C19H22N4O2S2/c1-13-2-4-14(5-3-13)16-12-15-17(27-16)18(24)23(20)19(21-15)26-11-8-22-6-9-25-10-7-22/h2-5,12H,6-11,20H2,1H3. The number of fused-ring (bicyclic) bond motifs is 1. The van der Waals surface area contributed by atoms with Crippen LogP contribution in [0.25, 0.3) is 20.7 Å². The highest BCUT2D eigenvalue weighted by molar-refractivity contribution is 7.99. The van der Waals surface area contributed by atoms with E-state index in [-0.39, 0.29) is 5.56 Å². The zero-order valence-corrected chi connectivity index (χ0v) is 16.8. The highest BCUT2D eigenvalue weighted by atomic mass is 32.2. The fourth-order valence-corrected chi connectivity index (χ4v) is 4.98. The molecule has 1 aromatic carbocycles. The average Bonchev–Trinajstić information content (AvgIpc) is 3.11. The second-order valence-corrected chi connectivity index (χ2v) is 8.68. The Morgan fingerprint density at radius 3 is 2.74 bits per heavy atom. The van der Waals surface area contributed by atoms with Crippen molar-refractivity contribution in [2.24, 2.45) is 0 Å². The maximum atomic E-state index is 12.7. The van der Waals surface area contributed by atoms with Gasteiger partial charge in [0.1, 0.15) is 4.70 Å². The Hall–Kier alpha value is -1.87. The van der Waals surface area contributed by atoms with Crippen LogP contribution in [0.4, 0.5) is 0 Å². The minimum absolute atomic E-state index is 0.183.